The van der Waals surface area contributed by atoms with Gasteiger partial charge in [0.05, 0.1) is 0 Å². The van der Waals surface area contributed by atoms with Gasteiger partial charge < -0.3 is 9.47 Å². The molecule has 2 aromatic heterocycles. The van der Waals surface area contributed by atoms with Crippen LogP contribution < -0.4 is 0 Å². The molecular formula is C19H19ClN4O. The highest BCUT2D eigenvalue weighted by atomic mass is 35.5. The van der Waals surface area contributed by atoms with Gasteiger partial charge in [0.1, 0.15) is 11.3 Å². The number of nitrogens with zero attached hydrogens (tertiary/aromatic N) is 4. The maximum atomic E-state index is 12.7. The molecule has 128 valence electrons. The molecule has 1 fully saturated rings. The number of imidazole rings is 1. The van der Waals surface area contributed by atoms with Gasteiger partial charge in [0.15, 0.2) is 5.65 Å². The smallest absolute Gasteiger partial charge is 0.253 e. The molecule has 0 spiro atoms. The molecule has 1 amide bonds. The van der Waals surface area contributed by atoms with Crippen LogP contribution in [0.4, 0.5) is 0 Å². The van der Waals surface area contributed by atoms with E-state index in [9.17, 15) is 4.79 Å². The van der Waals surface area contributed by atoms with Gasteiger partial charge in [-0.1, -0.05) is 11.6 Å². The van der Waals surface area contributed by atoms with E-state index in [2.05, 4.69) is 16.5 Å². The Morgan fingerprint density at radius 3 is 2.84 bits per heavy atom. The molecule has 3 aromatic rings. The van der Waals surface area contributed by atoms with E-state index >= 15 is 0 Å². The molecule has 0 saturated carbocycles. The zero-order valence-corrected chi connectivity index (χ0v) is 14.8. The largest absolute Gasteiger partial charge is 0.338 e. The Hall–Kier alpha value is -2.40. The topological polar surface area (TPSA) is 51.0 Å². The van der Waals surface area contributed by atoms with Crippen LogP contribution in [0.3, 0.4) is 0 Å². The Bertz CT molecular complexity index is 919. The first kappa shape index (κ1) is 16.1. The number of hydrogen-bond donors (Lipinski definition) is 0. The number of fused-ring (bicyclic) bond motifs is 1. The van der Waals surface area contributed by atoms with E-state index in [1.807, 2.05) is 17.0 Å². The van der Waals surface area contributed by atoms with Crippen molar-refractivity contribution in [3.63, 3.8) is 0 Å². The molecule has 0 unspecified atom stereocenters. The van der Waals surface area contributed by atoms with E-state index in [1.165, 1.54) is 0 Å². The van der Waals surface area contributed by atoms with E-state index in [-0.39, 0.29) is 11.8 Å². The fraction of sp³-hybridized carbons (Fsp3) is 0.316. The van der Waals surface area contributed by atoms with Gasteiger partial charge in [0.2, 0.25) is 0 Å². The summed E-state index contributed by atoms with van der Waals surface area (Å²) < 4.78 is 2.16. The second-order valence-electron chi connectivity index (χ2n) is 6.30. The monoisotopic (exact) mass is 354 g/mol. The number of halogens is 1. The van der Waals surface area contributed by atoms with Crippen LogP contribution in [0.15, 0.2) is 42.6 Å². The minimum absolute atomic E-state index is 0.0523. The third-order valence-electron chi connectivity index (χ3n) is 4.78. The molecular weight excluding hydrogens is 336 g/mol. The van der Waals surface area contributed by atoms with E-state index in [0.717, 1.165) is 36.5 Å². The first-order valence-electron chi connectivity index (χ1n) is 8.53. The Labute approximate surface area is 151 Å². The summed E-state index contributed by atoms with van der Waals surface area (Å²) in [5, 5.41) is 0.639. The number of likely N-dealkylation sites (tertiary alicyclic amines) is 1. The van der Waals surface area contributed by atoms with E-state index in [0.29, 0.717) is 17.1 Å². The third kappa shape index (κ3) is 2.89. The van der Waals surface area contributed by atoms with Crippen molar-refractivity contribution in [1.82, 2.24) is 19.4 Å². The second-order valence-corrected chi connectivity index (χ2v) is 6.74. The van der Waals surface area contributed by atoms with Crippen molar-refractivity contribution in [3.8, 4) is 0 Å². The summed E-state index contributed by atoms with van der Waals surface area (Å²) in [6.45, 7) is 4.35. The molecule has 1 aliphatic heterocycles. The molecule has 1 aromatic carbocycles. The molecule has 0 bridgehead atoms. The quantitative estimate of drug-likeness (QED) is 0.720. The molecule has 1 saturated heterocycles. The Balaban J connectivity index is 1.58. The average Bonchev–Trinajstić information content (AvgIpc) is 3.26. The summed E-state index contributed by atoms with van der Waals surface area (Å²) in [5.41, 5.74) is 2.51. The molecule has 6 heteroatoms. The number of rotatable bonds is 3. The standard InChI is InChI=1S/C19H19ClN4O/c1-2-24-17(22-16-4-3-10-21-18(16)24)14-9-11-23(12-14)19(25)13-5-7-15(20)8-6-13/h3-8,10,14H,2,9,11-12H2,1H3/t14-/m0/s1. The molecule has 25 heavy (non-hydrogen) atoms. The second kappa shape index (κ2) is 6.48. The number of carbonyl (C=O) groups is 1. The summed E-state index contributed by atoms with van der Waals surface area (Å²) in [6.07, 6.45) is 2.72. The number of hydrogen-bond acceptors (Lipinski definition) is 3. The lowest BCUT2D eigenvalue weighted by molar-refractivity contribution is 0.0790. The lowest BCUT2D eigenvalue weighted by Crippen LogP contribution is -2.28. The molecule has 1 aliphatic rings. The predicted octanol–water partition coefficient (Wildman–Crippen LogP) is 3.73. The van der Waals surface area contributed by atoms with Crippen LogP contribution in [0, 0.1) is 0 Å². The van der Waals surface area contributed by atoms with Crippen LogP contribution in [0.1, 0.15) is 35.4 Å². The molecule has 0 N–H and O–H groups in total. The fourth-order valence-electron chi connectivity index (χ4n) is 3.53. The van der Waals surface area contributed by atoms with E-state index < -0.39 is 0 Å². The minimum atomic E-state index is 0.0523. The van der Waals surface area contributed by atoms with E-state index in [4.69, 9.17) is 16.6 Å². The summed E-state index contributed by atoms with van der Waals surface area (Å²) >= 11 is 5.91. The Kier molecular flexibility index (Phi) is 4.17. The maximum absolute atomic E-state index is 12.7. The van der Waals surface area contributed by atoms with Crippen LogP contribution in [-0.4, -0.2) is 38.4 Å². The number of amides is 1. The predicted molar refractivity (Wildman–Crippen MR) is 97.9 cm³/mol. The number of carbonyl (C=O) groups excluding carboxylic acids is 1. The van der Waals surface area contributed by atoms with Gasteiger partial charge in [0.25, 0.3) is 5.91 Å². The molecule has 1 atom stereocenters. The van der Waals surface area contributed by atoms with Gasteiger partial charge in [-0.05, 0) is 49.7 Å². The zero-order chi connectivity index (χ0) is 17.4. The summed E-state index contributed by atoms with van der Waals surface area (Å²) in [6, 6.07) is 11.0. The Morgan fingerprint density at radius 2 is 2.08 bits per heavy atom. The number of aromatic nitrogens is 3. The highest BCUT2D eigenvalue weighted by Gasteiger charge is 2.31. The minimum Gasteiger partial charge on any atom is -0.338 e. The van der Waals surface area contributed by atoms with Crippen molar-refractivity contribution in [3.05, 3.63) is 59.0 Å². The van der Waals surface area contributed by atoms with Crippen molar-refractivity contribution >= 4 is 28.7 Å². The number of aryl methyl sites for hydroxylation is 1. The number of pyridine rings is 1. The fourth-order valence-corrected chi connectivity index (χ4v) is 3.66. The van der Waals surface area contributed by atoms with Gasteiger partial charge in [-0.25, -0.2) is 9.97 Å². The average molecular weight is 355 g/mol. The van der Waals surface area contributed by atoms with Crippen molar-refractivity contribution in [2.24, 2.45) is 0 Å². The van der Waals surface area contributed by atoms with Crippen LogP contribution in [0.5, 0.6) is 0 Å². The molecule has 3 heterocycles. The molecule has 0 aliphatic carbocycles. The third-order valence-corrected chi connectivity index (χ3v) is 5.03. The maximum Gasteiger partial charge on any atom is 0.253 e. The normalized spacial score (nSPS) is 17.4. The summed E-state index contributed by atoms with van der Waals surface area (Å²) in [5.74, 6) is 1.32. The van der Waals surface area contributed by atoms with Crippen LogP contribution >= 0.6 is 11.6 Å². The Morgan fingerprint density at radius 1 is 1.28 bits per heavy atom. The highest BCUT2D eigenvalue weighted by molar-refractivity contribution is 6.30. The first-order valence-corrected chi connectivity index (χ1v) is 8.91. The van der Waals surface area contributed by atoms with Crippen LogP contribution in [0.2, 0.25) is 5.02 Å². The summed E-state index contributed by atoms with van der Waals surface area (Å²) in [7, 11) is 0. The van der Waals surface area contributed by atoms with Crippen LogP contribution in [0.25, 0.3) is 11.2 Å². The van der Waals surface area contributed by atoms with E-state index in [1.54, 1.807) is 30.5 Å². The lowest BCUT2D eigenvalue weighted by Gasteiger charge is -2.17. The van der Waals surface area contributed by atoms with Gasteiger partial charge in [-0.3, -0.25) is 4.79 Å². The van der Waals surface area contributed by atoms with Crippen molar-refractivity contribution in [2.45, 2.75) is 25.8 Å². The first-order chi connectivity index (χ1) is 12.2. The van der Waals surface area contributed by atoms with Gasteiger partial charge in [-0.2, -0.15) is 0 Å². The molecule has 0 radical (unpaired) electrons. The summed E-state index contributed by atoms with van der Waals surface area (Å²) in [4.78, 5) is 23.9. The van der Waals surface area contributed by atoms with Crippen molar-refractivity contribution in [1.29, 1.82) is 0 Å². The van der Waals surface area contributed by atoms with Crippen molar-refractivity contribution in [2.75, 3.05) is 13.1 Å². The molecule has 4 rings (SSSR count). The zero-order valence-electron chi connectivity index (χ0n) is 14.0. The van der Waals surface area contributed by atoms with Gasteiger partial charge in [-0.15, -0.1) is 0 Å². The van der Waals surface area contributed by atoms with Crippen LogP contribution in [-0.2, 0) is 6.54 Å². The van der Waals surface area contributed by atoms with Gasteiger partial charge >= 0.3 is 0 Å². The van der Waals surface area contributed by atoms with Gasteiger partial charge in [0, 0.05) is 42.3 Å². The SMILES string of the molecule is CCn1c([C@H]2CCN(C(=O)c3ccc(Cl)cc3)C2)nc2cccnc21. The number of benzene rings is 1. The molecule has 5 nitrogen and oxygen atoms in total. The lowest BCUT2D eigenvalue weighted by atomic mass is 10.1. The highest BCUT2D eigenvalue weighted by Crippen LogP contribution is 2.30. The van der Waals surface area contributed by atoms with Crippen molar-refractivity contribution < 1.29 is 4.79 Å².